The van der Waals surface area contributed by atoms with Crippen molar-refractivity contribution in [2.24, 2.45) is 0 Å². The van der Waals surface area contributed by atoms with Gasteiger partial charge < -0.3 is 0 Å². The van der Waals surface area contributed by atoms with Crippen LogP contribution in [-0.4, -0.2) is 41.1 Å². The number of hydrogen-bond acceptors (Lipinski definition) is 2. The highest BCUT2D eigenvalue weighted by molar-refractivity contribution is 5.16. The van der Waals surface area contributed by atoms with Crippen LogP contribution in [0.5, 0.6) is 0 Å². The minimum Gasteiger partial charge on any atom is -0.284 e. The van der Waals surface area contributed by atoms with Gasteiger partial charge >= 0.3 is 0 Å². The topological polar surface area (TPSA) is 6.48 Å². The van der Waals surface area contributed by atoms with Gasteiger partial charge in [0.25, 0.3) is 0 Å². The Labute approximate surface area is 112 Å². The van der Waals surface area contributed by atoms with Gasteiger partial charge in [-0.1, -0.05) is 44.2 Å². The molecule has 1 fully saturated rings. The summed E-state index contributed by atoms with van der Waals surface area (Å²) < 4.78 is 0. The summed E-state index contributed by atoms with van der Waals surface area (Å²) in [4.78, 5) is 5.28. The number of hydrogen-bond donors (Lipinski definition) is 0. The first-order valence-electron chi connectivity index (χ1n) is 7.24. The van der Waals surface area contributed by atoms with Gasteiger partial charge in [0, 0.05) is 18.5 Å². The van der Waals surface area contributed by atoms with E-state index in [1.807, 2.05) is 0 Å². The van der Waals surface area contributed by atoms with Crippen molar-refractivity contribution < 1.29 is 0 Å². The second-order valence-corrected chi connectivity index (χ2v) is 5.31. The molecule has 1 aromatic carbocycles. The molecule has 0 aromatic heterocycles. The Morgan fingerprint density at radius 3 is 1.83 bits per heavy atom. The first-order chi connectivity index (χ1) is 8.69. The quantitative estimate of drug-likeness (QED) is 0.806. The molecule has 2 atom stereocenters. The van der Waals surface area contributed by atoms with Crippen LogP contribution in [0.3, 0.4) is 0 Å². The van der Waals surface area contributed by atoms with Crippen molar-refractivity contribution in [3.05, 3.63) is 35.9 Å². The van der Waals surface area contributed by atoms with Gasteiger partial charge in [0.05, 0.1) is 6.17 Å². The van der Waals surface area contributed by atoms with Gasteiger partial charge in [-0.05, 0) is 32.5 Å². The molecule has 0 bridgehead atoms. The van der Waals surface area contributed by atoms with Crippen LogP contribution >= 0.6 is 0 Å². The molecule has 1 aliphatic heterocycles. The number of likely N-dealkylation sites (N-methyl/N-ethyl adjacent to an activating group) is 2. The highest BCUT2D eigenvalue weighted by Gasteiger charge is 2.40. The molecule has 2 unspecified atom stereocenters. The molecule has 0 N–H and O–H groups in total. The van der Waals surface area contributed by atoms with Crippen LogP contribution in [0.25, 0.3) is 0 Å². The van der Waals surface area contributed by atoms with Gasteiger partial charge in [-0.3, -0.25) is 9.80 Å². The Hall–Kier alpha value is -0.860. The Morgan fingerprint density at radius 2 is 1.39 bits per heavy atom. The molecule has 0 aliphatic carbocycles. The third-order valence-electron chi connectivity index (χ3n) is 4.50. The lowest BCUT2D eigenvalue weighted by Gasteiger charge is -2.30. The van der Waals surface area contributed by atoms with Crippen molar-refractivity contribution in [3.8, 4) is 0 Å². The molecular weight excluding hydrogens is 220 g/mol. The van der Waals surface area contributed by atoms with Crippen molar-refractivity contribution in [3.63, 3.8) is 0 Å². The molecule has 0 radical (unpaired) electrons. The number of rotatable bonds is 4. The van der Waals surface area contributed by atoms with E-state index in [4.69, 9.17) is 0 Å². The van der Waals surface area contributed by atoms with Gasteiger partial charge in [-0.2, -0.15) is 0 Å². The van der Waals surface area contributed by atoms with E-state index >= 15 is 0 Å². The predicted octanol–water partition coefficient (Wildman–Crippen LogP) is 2.99. The van der Waals surface area contributed by atoms with Gasteiger partial charge in [0.2, 0.25) is 0 Å². The van der Waals surface area contributed by atoms with Crippen LogP contribution in [0.1, 0.15) is 33.3 Å². The molecule has 2 rings (SSSR count). The minimum atomic E-state index is 0.562. The lowest BCUT2D eigenvalue weighted by atomic mass is 10.1. The molecule has 18 heavy (non-hydrogen) atoms. The van der Waals surface area contributed by atoms with Crippen LogP contribution in [0.4, 0.5) is 0 Å². The van der Waals surface area contributed by atoms with Crippen LogP contribution in [0, 0.1) is 0 Å². The summed E-state index contributed by atoms with van der Waals surface area (Å²) in [6, 6.07) is 12.2. The highest BCUT2D eigenvalue weighted by atomic mass is 15.4. The summed E-state index contributed by atoms with van der Waals surface area (Å²) >= 11 is 0. The summed E-state index contributed by atoms with van der Waals surface area (Å²) in [7, 11) is 0. The van der Waals surface area contributed by atoms with Crippen molar-refractivity contribution in [2.75, 3.05) is 13.1 Å². The molecule has 2 heteroatoms. The second kappa shape index (κ2) is 5.85. The van der Waals surface area contributed by atoms with E-state index in [9.17, 15) is 0 Å². The standard InChI is InChI=1S/C16H26N2/c1-5-17-13(3)14(4)18(6-2)16(17)12-15-10-8-7-9-11-15/h7-11,13-14,16H,5-6,12H2,1-4H3. The van der Waals surface area contributed by atoms with Crippen molar-refractivity contribution in [1.82, 2.24) is 9.80 Å². The zero-order valence-corrected chi connectivity index (χ0v) is 12.1. The Balaban J connectivity index is 2.18. The molecular formula is C16H26N2. The van der Waals surface area contributed by atoms with Crippen molar-refractivity contribution in [1.29, 1.82) is 0 Å². The fraction of sp³-hybridized carbons (Fsp3) is 0.625. The summed E-state index contributed by atoms with van der Waals surface area (Å²) in [6.07, 6.45) is 1.70. The Bertz CT molecular complexity index is 347. The summed E-state index contributed by atoms with van der Waals surface area (Å²) in [5.41, 5.74) is 1.45. The number of nitrogens with zero attached hydrogens (tertiary/aromatic N) is 2. The van der Waals surface area contributed by atoms with Gasteiger partial charge in [0.1, 0.15) is 0 Å². The average molecular weight is 246 g/mol. The SMILES string of the molecule is CCN1C(C)C(C)N(CC)C1Cc1ccccc1. The third kappa shape index (κ3) is 2.45. The summed E-state index contributed by atoms with van der Waals surface area (Å²) in [5.74, 6) is 0. The normalized spacial score (nSPS) is 29.9. The zero-order chi connectivity index (χ0) is 13.1. The highest BCUT2D eigenvalue weighted by Crippen LogP contribution is 2.28. The lowest BCUT2D eigenvalue weighted by Crippen LogP contribution is -2.42. The largest absolute Gasteiger partial charge is 0.284 e. The van der Waals surface area contributed by atoms with Crippen LogP contribution in [-0.2, 0) is 6.42 Å². The molecule has 2 nitrogen and oxygen atoms in total. The van der Waals surface area contributed by atoms with Gasteiger partial charge in [-0.25, -0.2) is 0 Å². The maximum atomic E-state index is 2.64. The molecule has 100 valence electrons. The van der Waals surface area contributed by atoms with E-state index < -0.39 is 0 Å². The molecule has 0 spiro atoms. The summed E-state index contributed by atoms with van der Waals surface area (Å²) in [6.45, 7) is 11.6. The minimum absolute atomic E-state index is 0.562. The molecule has 0 amide bonds. The Kier molecular flexibility index (Phi) is 4.41. The third-order valence-corrected chi connectivity index (χ3v) is 4.50. The summed E-state index contributed by atoms with van der Waals surface area (Å²) in [5, 5.41) is 0. The molecule has 1 saturated heterocycles. The van der Waals surface area contributed by atoms with E-state index in [2.05, 4.69) is 67.8 Å². The fourth-order valence-corrected chi connectivity index (χ4v) is 3.34. The smallest absolute Gasteiger partial charge is 0.0669 e. The Morgan fingerprint density at radius 1 is 0.889 bits per heavy atom. The molecule has 0 saturated carbocycles. The fourth-order valence-electron chi connectivity index (χ4n) is 3.34. The van der Waals surface area contributed by atoms with Gasteiger partial charge in [0.15, 0.2) is 0 Å². The van der Waals surface area contributed by atoms with E-state index in [1.54, 1.807) is 0 Å². The zero-order valence-electron chi connectivity index (χ0n) is 12.1. The number of benzene rings is 1. The second-order valence-electron chi connectivity index (χ2n) is 5.31. The molecule has 1 aromatic rings. The first-order valence-corrected chi connectivity index (χ1v) is 7.24. The van der Waals surface area contributed by atoms with E-state index in [0.29, 0.717) is 18.2 Å². The van der Waals surface area contributed by atoms with E-state index in [0.717, 1.165) is 19.5 Å². The first kappa shape index (κ1) is 13.6. The molecule has 1 aliphatic rings. The predicted molar refractivity (Wildman–Crippen MR) is 77.6 cm³/mol. The van der Waals surface area contributed by atoms with Crippen molar-refractivity contribution >= 4 is 0 Å². The average Bonchev–Trinajstić information content (AvgIpc) is 2.62. The van der Waals surface area contributed by atoms with Crippen molar-refractivity contribution in [2.45, 2.75) is 52.4 Å². The van der Waals surface area contributed by atoms with E-state index in [-0.39, 0.29) is 0 Å². The maximum Gasteiger partial charge on any atom is 0.0669 e. The van der Waals surface area contributed by atoms with Gasteiger partial charge in [-0.15, -0.1) is 0 Å². The van der Waals surface area contributed by atoms with Crippen LogP contribution in [0.15, 0.2) is 30.3 Å². The molecule has 1 heterocycles. The van der Waals surface area contributed by atoms with E-state index in [1.165, 1.54) is 5.56 Å². The van der Waals surface area contributed by atoms with Crippen LogP contribution < -0.4 is 0 Å². The lowest BCUT2D eigenvalue weighted by molar-refractivity contribution is 0.126. The monoisotopic (exact) mass is 246 g/mol. The van der Waals surface area contributed by atoms with Crippen LogP contribution in [0.2, 0.25) is 0 Å². The maximum absolute atomic E-state index is 2.64.